The molecule has 0 saturated carbocycles. The van der Waals surface area contributed by atoms with Crippen molar-refractivity contribution < 1.29 is 4.79 Å². The van der Waals surface area contributed by atoms with Crippen molar-refractivity contribution in [1.29, 1.82) is 0 Å². The molecule has 0 aliphatic heterocycles. The van der Waals surface area contributed by atoms with Gasteiger partial charge >= 0.3 is 0 Å². The van der Waals surface area contributed by atoms with Crippen molar-refractivity contribution in [3.05, 3.63) is 63.7 Å². The summed E-state index contributed by atoms with van der Waals surface area (Å²) in [5, 5.41) is 3.31. The number of nitrogens with one attached hydrogen (secondary N) is 1. The highest BCUT2D eigenvalue weighted by atomic mass is 35.5. The van der Waals surface area contributed by atoms with Gasteiger partial charge in [0.25, 0.3) is 5.91 Å². The predicted octanol–water partition coefficient (Wildman–Crippen LogP) is 4.03. The summed E-state index contributed by atoms with van der Waals surface area (Å²) in [6.45, 7) is 6.03. The van der Waals surface area contributed by atoms with Gasteiger partial charge in [-0.25, -0.2) is 0 Å². The van der Waals surface area contributed by atoms with Crippen LogP contribution in [0.1, 0.15) is 40.0 Å². The van der Waals surface area contributed by atoms with E-state index in [-0.39, 0.29) is 11.9 Å². The number of nitrogen functional groups attached to an aromatic ring is 1. The van der Waals surface area contributed by atoms with E-state index in [0.717, 1.165) is 11.1 Å². The molecule has 0 saturated heterocycles. The normalized spacial score (nSPS) is 12.0. The molecule has 21 heavy (non-hydrogen) atoms. The fraction of sp³-hybridized carbons (Fsp3) is 0.235. The van der Waals surface area contributed by atoms with Crippen molar-refractivity contribution >= 4 is 23.2 Å². The van der Waals surface area contributed by atoms with Crippen LogP contribution in [0.2, 0.25) is 5.02 Å². The summed E-state index contributed by atoms with van der Waals surface area (Å²) in [6.07, 6.45) is 0. The Hall–Kier alpha value is -2.00. The quantitative estimate of drug-likeness (QED) is 0.841. The van der Waals surface area contributed by atoms with Crippen molar-refractivity contribution in [3.63, 3.8) is 0 Å². The minimum atomic E-state index is -0.259. The number of rotatable bonds is 3. The van der Waals surface area contributed by atoms with Crippen LogP contribution in [-0.4, -0.2) is 5.91 Å². The van der Waals surface area contributed by atoms with E-state index < -0.39 is 0 Å². The predicted molar refractivity (Wildman–Crippen MR) is 87.7 cm³/mol. The number of anilines is 1. The molecule has 0 spiro atoms. The molecule has 3 N–H and O–H groups in total. The van der Waals surface area contributed by atoms with Crippen molar-refractivity contribution in [2.24, 2.45) is 0 Å². The molecule has 110 valence electrons. The Kier molecular flexibility index (Phi) is 4.53. The molecule has 2 rings (SSSR count). The number of hydrogen-bond donors (Lipinski definition) is 2. The van der Waals surface area contributed by atoms with Gasteiger partial charge in [-0.15, -0.1) is 0 Å². The molecule has 0 heterocycles. The fourth-order valence-electron chi connectivity index (χ4n) is 2.44. The van der Waals surface area contributed by atoms with E-state index in [1.165, 1.54) is 5.56 Å². The maximum absolute atomic E-state index is 12.4. The molecule has 0 aliphatic carbocycles. The Labute approximate surface area is 130 Å². The van der Waals surface area contributed by atoms with Crippen LogP contribution in [0.15, 0.2) is 36.4 Å². The minimum Gasteiger partial charge on any atom is -0.398 e. The summed E-state index contributed by atoms with van der Waals surface area (Å²) < 4.78 is 0. The SMILES string of the molecule is Cc1ccc(C(C)NC(=O)c2c(N)cccc2Cl)c(C)c1. The van der Waals surface area contributed by atoms with Gasteiger partial charge in [-0.3, -0.25) is 4.79 Å². The zero-order valence-electron chi connectivity index (χ0n) is 12.4. The lowest BCUT2D eigenvalue weighted by Gasteiger charge is -2.18. The lowest BCUT2D eigenvalue weighted by molar-refractivity contribution is 0.0941. The lowest BCUT2D eigenvalue weighted by Crippen LogP contribution is -2.28. The topological polar surface area (TPSA) is 55.1 Å². The smallest absolute Gasteiger partial charge is 0.255 e. The Bertz CT molecular complexity index is 662. The Morgan fingerprint density at radius 3 is 2.57 bits per heavy atom. The molecule has 0 fully saturated rings. The molecular weight excluding hydrogens is 284 g/mol. The minimum absolute atomic E-state index is 0.117. The first-order valence-electron chi connectivity index (χ1n) is 6.82. The molecule has 0 aromatic heterocycles. The standard InChI is InChI=1S/C17H19ClN2O/c1-10-7-8-13(11(2)9-10)12(3)20-17(21)16-14(18)5-4-6-15(16)19/h4-9,12H,19H2,1-3H3,(H,20,21). The van der Waals surface area contributed by atoms with Crippen molar-refractivity contribution in [3.8, 4) is 0 Å². The molecule has 0 aliphatic rings. The summed E-state index contributed by atoms with van der Waals surface area (Å²) >= 11 is 6.07. The number of benzene rings is 2. The van der Waals surface area contributed by atoms with E-state index in [1.54, 1.807) is 18.2 Å². The number of hydrogen-bond acceptors (Lipinski definition) is 2. The van der Waals surface area contributed by atoms with Gasteiger partial charge in [0, 0.05) is 5.69 Å². The van der Waals surface area contributed by atoms with Crippen LogP contribution in [0.25, 0.3) is 0 Å². The van der Waals surface area contributed by atoms with E-state index in [0.29, 0.717) is 16.3 Å². The molecule has 2 aromatic rings. The van der Waals surface area contributed by atoms with Crippen LogP contribution in [0.3, 0.4) is 0 Å². The van der Waals surface area contributed by atoms with E-state index in [2.05, 4.69) is 11.4 Å². The molecule has 1 amide bonds. The molecular formula is C17H19ClN2O. The van der Waals surface area contributed by atoms with Gasteiger partial charge in [-0.05, 0) is 44.0 Å². The first-order valence-corrected chi connectivity index (χ1v) is 7.20. The highest BCUT2D eigenvalue weighted by Gasteiger charge is 2.17. The van der Waals surface area contributed by atoms with Crippen molar-refractivity contribution in [1.82, 2.24) is 5.32 Å². The van der Waals surface area contributed by atoms with E-state index >= 15 is 0 Å². The third kappa shape index (κ3) is 3.37. The number of halogens is 1. The number of amides is 1. The molecule has 1 unspecified atom stereocenters. The summed E-state index contributed by atoms with van der Waals surface area (Å²) in [5.74, 6) is -0.259. The fourth-order valence-corrected chi connectivity index (χ4v) is 2.71. The zero-order valence-corrected chi connectivity index (χ0v) is 13.2. The van der Waals surface area contributed by atoms with Gasteiger partial charge in [0.1, 0.15) is 0 Å². The van der Waals surface area contributed by atoms with Gasteiger partial charge in [-0.1, -0.05) is 41.4 Å². The van der Waals surface area contributed by atoms with E-state index in [4.69, 9.17) is 17.3 Å². The van der Waals surface area contributed by atoms with Crippen molar-refractivity contribution in [2.75, 3.05) is 5.73 Å². The Morgan fingerprint density at radius 2 is 1.95 bits per heavy atom. The van der Waals surface area contributed by atoms with Crippen LogP contribution in [0.4, 0.5) is 5.69 Å². The zero-order chi connectivity index (χ0) is 15.6. The maximum Gasteiger partial charge on any atom is 0.255 e. The molecule has 3 nitrogen and oxygen atoms in total. The van der Waals surface area contributed by atoms with E-state index in [1.807, 2.05) is 32.9 Å². The van der Waals surface area contributed by atoms with Gasteiger partial charge in [0.15, 0.2) is 0 Å². The highest BCUT2D eigenvalue weighted by molar-refractivity contribution is 6.34. The third-order valence-corrected chi connectivity index (χ3v) is 3.83. The first-order chi connectivity index (χ1) is 9.90. The summed E-state index contributed by atoms with van der Waals surface area (Å²) in [4.78, 5) is 12.4. The molecule has 1 atom stereocenters. The van der Waals surface area contributed by atoms with Gasteiger partial charge in [-0.2, -0.15) is 0 Å². The summed E-state index contributed by atoms with van der Waals surface area (Å²) in [6, 6.07) is 11.1. The molecule has 0 bridgehead atoms. The maximum atomic E-state index is 12.4. The van der Waals surface area contributed by atoms with Crippen LogP contribution in [0.5, 0.6) is 0 Å². The Morgan fingerprint density at radius 1 is 1.24 bits per heavy atom. The van der Waals surface area contributed by atoms with Crippen LogP contribution < -0.4 is 11.1 Å². The van der Waals surface area contributed by atoms with Gasteiger partial charge in [0.2, 0.25) is 0 Å². The van der Waals surface area contributed by atoms with Gasteiger partial charge < -0.3 is 11.1 Å². The monoisotopic (exact) mass is 302 g/mol. The second kappa shape index (κ2) is 6.19. The van der Waals surface area contributed by atoms with Crippen LogP contribution in [-0.2, 0) is 0 Å². The number of carbonyl (C=O) groups is 1. The average Bonchev–Trinajstić information content (AvgIpc) is 2.37. The molecule has 0 radical (unpaired) electrons. The summed E-state index contributed by atoms with van der Waals surface area (Å²) in [5.41, 5.74) is 9.98. The van der Waals surface area contributed by atoms with Crippen LogP contribution in [0, 0.1) is 13.8 Å². The largest absolute Gasteiger partial charge is 0.398 e. The van der Waals surface area contributed by atoms with Gasteiger partial charge in [0.05, 0.1) is 16.6 Å². The highest BCUT2D eigenvalue weighted by Crippen LogP contribution is 2.24. The number of carbonyl (C=O) groups excluding carboxylic acids is 1. The molecule has 2 aromatic carbocycles. The third-order valence-electron chi connectivity index (χ3n) is 3.51. The van der Waals surface area contributed by atoms with Crippen LogP contribution >= 0.6 is 11.6 Å². The molecule has 4 heteroatoms. The second-order valence-electron chi connectivity index (χ2n) is 5.26. The second-order valence-corrected chi connectivity index (χ2v) is 5.67. The van der Waals surface area contributed by atoms with E-state index in [9.17, 15) is 4.79 Å². The van der Waals surface area contributed by atoms with Crippen molar-refractivity contribution in [2.45, 2.75) is 26.8 Å². The average molecular weight is 303 g/mol. The Balaban J connectivity index is 2.23. The number of aryl methyl sites for hydroxylation is 2. The summed E-state index contributed by atoms with van der Waals surface area (Å²) in [7, 11) is 0. The number of nitrogens with two attached hydrogens (primary N) is 1. The lowest BCUT2D eigenvalue weighted by atomic mass is 10.00. The first kappa shape index (κ1) is 15.4.